The molecule has 0 aliphatic heterocycles. The van der Waals surface area contributed by atoms with Crippen LogP contribution < -0.4 is 15.1 Å². The second-order valence-corrected chi connectivity index (χ2v) is 12.4. The maximum Gasteiger partial charge on any atom is 0.427 e. The zero-order valence-electron chi connectivity index (χ0n) is 23.5. The molecule has 0 aliphatic carbocycles. The Morgan fingerprint density at radius 1 is 1.00 bits per heavy atom. The molecule has 1 aromatic heterocycles. The summed E-state index contributed by atoms with van der Waals surface area (Å²) in [5, 5.41) is 11.6. The Hall–Kier alpha value is -3.41. The Labute approximate surface area is 252 Å². The van der Waals surface area contributed by atoms with Crippen LogP contribution in [0.2, 0.25) is 0 Å². The minimum Gasteiger partial charge on any atom is -0.466 e. The Kier molecular flexibility index (Phi) is 12.6. The van der Waals surface area contributed by atoms with Gasteiger partial charge in [-0.1, -0.05) is 34.8 Å². The lowest BCUT2D eigenvalue weighted by Gasteiger charge is -2.28. The van der Waals surface area contributed by atoms with E-state index in [0.29, 0.717) is 4.90 Å². The second kappa shape index (κ2) is 14.5. The van der Waals surface area contributed by atoms with Crippen LogP contribution in [-0.2, 0) is 23.8 Å². The lowest BCUT2D eigenvalue weighted by atomic mass is 10.2. The van der Waals surface area contributed by atoms with Gasteiger partial charge in [-0.3, -0.25) is 19.8 Å². The van der Waals surface area contributed by atoms with Crippen molar-refractivity contribution >= 4 is 76.7 Å². The van der Waals surface area contributed by atoms with Gasteiger partial charge in [-0.15, -0.1) is 4.90 Å². The number of hydrogen-bond donors (Lipinski definition) is 1. The molecule has 5 amide bonds. The summed E-state index contributed by atoms with van der Waals surface area (Å²) >= 11 is 16.7. The third kappa shape index (κ3) is 11.9. The molecule has 0 aliphatic rings. The van der Waals surface area contributed by atoms with Gasteiger partial charge in [0.05, 0.1) is 12.8 Å². The van der Waals surface area contributed by atoms with Gasteiger partial charge in [-0.25, -0.2) is 19.4 Å². The number of carbonyl (C=O) groups excluding carboxylic acids is 5. The molecule has 0 radical (unpaired) electrons. The molecule has 0 saturated heterocycles. The first-order valence-corrected chi connectivity index (χ1v) is 13.2. The van der Waals surface area contributed by atoms with Crippen LogP contribution in [-0.4, -0.2) is 68.2 Å². The molecule has 0 aromatic carbocycles. The van der Waals surface area contributed by atoms with Gasteiger partial charge in [0.2, 0.25) is 5.95 Å². The lowest BCUT2D eigenvalue weighted by molar-refractivity contribution is -0.143. The van der Waals surface area contributed by atoms with Crippen molar-refractivity contribution in [1.82, 2.24) is 15.3 Å². The number of ether oxygens (including phenoxy) is 3. The molecular weight excluding hydrogens is 607 g/mol. The van der Waals surface area contributed by atoms with Gasteiger partial charge >= 0.3 is 24.2 Å². The van der Waals surface area contributed by atoms with Gasteiger partial charge in [0.15, 0.2) is 5.82 Å². The summed E-state index contributed by atoms with van der Waals surface area (Å²) in [4.78, 5) is 72.4. The molecule has 0 atom stereocenters. The Bertz CT molecular complexity index is 1170. The van der Waals surface area contributed by atoms with Crippen LogP contribution in [0.1, 0.15) is 66.9 Å². The topological polar surface area (TPSA) is 181 Å². The monoisotopic (exact) mass is 636 g/mol. The van der Waals surface area contributed by atoms with E-state index in [2.05, 4.69) is 9.97 Å². The van der Waals surface area contributed by atoms with Gasteiger partial charge < -0.3 is 14.2 Å². The van der Waals surface area contributed by atoms with Crippen LogP contribution in [0.5, 0.6) is 0 Å². The second-order valence-electron chi connectivity index (χ2n) is 10.1. The number of alkyl halides is 3. The fraction of sp³-hybridized carbons (Fsp3) is 0.583. The highest BCUT2D eigenvalue weighted by molar-refractivity contribution is 6.76. The zero-order valence-corrected chi connectivity index (χ0v) is 25.8. The summed E-state index contributed by atoms with van der Waals surface area (Å²) in [5.74, 6) is -2.97. The third-order valence-electron chi connectivity index (χ3n) is 4.28. The van der Waals surface area contributed by atoms with E-state index >= 15 is 0 Å². The van der Waals surface area contributed by atoms with Crippen LogP contribution in [0, 0.1) is 11.3 Å². The van der Waals surface area contributed by atoms with Gasteiger partial charge in [0.1, 0.15) is 22.8 Å². The summed E-state index contributed by atoms with van der Waals surface area (Å²) in [6.45, 7) is 10.8. The van der Waals surface area contributed by atoms with Gasteiger partial charge in [-0.2, -0.15) is 10.2 Å². The van der Waals surface area contributed by atoms with E-state index in [-0.39, 0.29) is 31.6 Å². The fourth-order valence-electron chi connectivity index (χ4n) is 2.76. The van der Waals surface area contributed by atoms with E-state index in [4.69, 9.17) is 49.0 Å². The number of anilines is 2. The number of nitrogens with one attached hydrogen (secondary N) is 1. The highest BCUT2D eigenvalue weighted by Gasteiger charge is 2.37. The van der Waals surface area contributed by atoms with Crippen molar-refractivity contribution in [1.29, 1.82) is 5.26 Å². The summed E-state index contributed by atoms with van der Waals surface area (Å²) < 4.78 is 13.0. The maximum absolute atomic E-state index is 13.1. The van der Waals surface area contributed by atoms with Crippen LogP contribution in [0.3, 0.4) is 0 Å². The molecule has 1 heterocycles. The van der Waals surface area contributed by atoms with Crippen molar-refractivity contribution in [2.45, 2.75) is 76.3 Å². The zero-order chi connectivity index (χ0) is 31.8. The number of aromatic nitrogens is 2. The predicted molar refractivity (Wildman–Crippen MR) is 149 cm³/mol. The van der Waals surface area contributed by atoms with Crippen molar-refractivity contribution in [3.8, 4) is 6.07 Å². The van der Waals surface area contributed by atoms with E-state index in [9.17, 15) is 29.2 Å². The third-order valence-corrected chi connectivity index (χ3v) is 4.79. The van der Waals surface area contributed by atoms with Crippen LogP contribution >= 0.6 is 34.8 Å². The van der Waals surface area contributed by atoms with Crippen LogP contribution in [0.15, 0.2) is 6.20 Å². The molecule has 226 valence electrons. The highest BCUT2D eigenvalue weighted by Crippen LogP contribution is 2.27. The molecule has 17 heteroatoms. The van der Waals surface area contributed by atoms with Crippen molar-refractivity contribution in [2.75, 3.05) is 23.0 Å². The first-order chi connectivity index (χ1) is 18.7. The average Bonchev–Trinajstić information content (AvgIpc) is 2.79. The summed E-state index contributed by atoms with van der Waals surface area (Å²) in [6, 6.07) is 0.581. The standard InChI is InChI=1S/C24H31Cl3N6O8/c1-8-39-15(34)10-9-11-32(19(36)31-17(35)24(25,26)27)16-14(12-28)13-29-18(30-16)33(20(37)40-22(2,3)4)21(38)41-23(5,6)7/h13H,8-11H2,1-7H3,(H,31,35,36). The normalized spacial score (nSPS) is 11.5. The van der Waals surface area contributed by atoms with Crippen molar-refractivity contribution in [3.63, 3.8) is 0 Å². The Morgan fingerprint density at radius 3 is 1.98 bits per heavy atom. The predicted octanol–water partition coefficient (Wildman–Crippen LogP) is 4.78. The lowest BCUT2D eigenvalue weighted by Crippen LogP contribution is -2.48. The molecule has 0 unspecified atom stereocenters. The molecule has 0 spiro atoms. The molecule has 1 rings (SSSR count). The number of hydrogen-bond acceptors (Lipinski definition) is 11. The number of esters is 1. The van der Waals surface area contributed by atoms with E-state index in [1.54, 1.807) is 54.5 Å². The average molecular weight is 638 g/mol. The number of nitrogens with zero attached hydrogens (tertiary/aromatic N) is 5. The number of rotatable bonds is 7. The van der Waals surface area contributed by atoms with Crippen molar-refractivity contribution in [3.05, 3.63) is 11.8 Å². The Morgan fingerprint density at radius 2 is 1.54 bits per heavy atom. The number of imide groups is 2. The quantitative estimate of drug-likeness (QED) is 0.247. The smallest absolute Gasteiger partial charge is 0.427 e. The Balaban J connectivity index is 3.68. The molecule has 0 bridgehead atoms. The summed E-state index contributed by atoms with van der Waals surface area (Å²) in [7, 11) is 0. The van der Waals surface area contributed by atoms with Crippen LogP contribution in [0.4, 0.5) is 26.1 Å². The molecule has 1 N–H and O–H groups in total. The van der Waals surface area contributed by atoms with Gasteiger partial charge in [-0.05, 0) is 54.9 Å². The number of urea groups is 1. The largest absolute Gasteiger partial charge is 0.466 e. The van der Waals surface area contributed by atoms with Crippen LogP contribution in [0.25, 0.3) is 0 Å². The molecule has 41 heavy (non-hydrogen) atoms. The first-order valence-electron chi connectivity index (χ1n) is 12.1. The number of carbonyl (C=O) groups is 5. The SMILES string of the molecule is CCOC(=O)CCCN(C(=O)NC(=O)C(Cl)(Cl)Cl)c1nc(N(C(=O)OC(C)(C)C)C(=O)OC(C)(C)C)ncc1C#N. The summed E-state index contributed by atoms with van der Waals surface area (Å²) in [6.07, 6.45) is -1.68. The fourth-order valence-corrected chi connectivity index (χ4v) is 2.90. The van der Waals surface area contributed by atoms with E-state index in [1.807, 2.05) is 5.32 Å². The molecule has 0 saturated carbocycles. The minimum absolute atomic E-state index is 0.0275. The summed E-state index contributed by atoms with van der Waals surface area (Å²) in [5.41, 5.74) is -2.41. The van der Waals surface area contributed by atoms with E-state index in [1.165, 1.54) is 0 Å². The molecule has 0 fully saturated rings. The maximum atomic E-state index is 13.1. The molecular formula is C24H31Cl3N6O8. The minimum atomic E-state index is -2.52. The van der Waals surface area contributed by atoms with E-state index in [0.717, 1.165) is 11.1 Å². The molecule has 1 aromatic rings. The van der Waals surface area contributed by atoms with E-state index < -0.39 is 56.9 Å². The van der Waals surface area contributed by atoms with Crippen molar-refractivity contribution in [2.24, 2.45) is 0 Å². The number of halogens is 3. The first kappa shape index (κ1) is 35.6. The molecule has 14 nitrogen and oxygen atoms in total. The number of nitriles is 1. The van der Waals surface area contributed by atoms with Gasteiger partial charge in [0.25, 0.3) is 9.70 Å². The highest BCUT2D eigenvalue weighted by atomic mass is 35.6. The number of amides is 5. The van der Waals surface area contributed by atoms with Crippen molar-refractivity contribution < 1.29 is 38.2 Å². The van der Waals surface area contributed by atoms with Gasteiger partial charge in [0, 0.05) is 13.0 Å².